The van der Waals surface area contributed by atoms with Gasteiger partial charge in [-0.3, -0.25) is 0 Å². The van der Waals surface area contributed by atoms with Crippen LogP contribution >= 0.6 is 8.03 Å². The van der Waals surface area contributed by atoms with Crippen LogP contribution in [0.5, 0.6) is 0 Å². The maximum Gasteiger partial charge on any atom is 0.512 e. The molecular weight excluding hydrogens is 171 g/mol. The van der Waals surface area contributed by atoms with Gasteiger partial charge in [-0.25, -0.2) is 0 Å². The minimum absolute atomic E-state index is 0.557. The summed E-state index contributed by atoms with van der Waals surface area (Å²) >= 11 is 0. The molecule has 0 amide bonds. The molecule has 0 aromatic rings. The Balaban J connectivity index is 3.41. The predicted octanol–water partition coefficient (Wildman–Crippen LogP) is 3.51. The molecule has 0 saturated carbocycles. The summed E-state index contributed by atoms with van der Waals surface area (Å²) in [4.78, 5) is 0. The van der Waals surface area contributed by atoms with Gasteiger partial charge >= 0.3 is 8.03 Å². The Labute approximate surface area is 75.9 Å². The van der Waals surface area contributed by atoms with Gasteiger partial charge in [0.05, 0.1) is 0 Å². The molecule has 0 aliphatic carbocycles. The molecule has 0 fully saturated rings. The number of unbranched alkanes of at least 4 members (excludes halogenated alkanes) is 1. The molecule has 0 bridgehead atoms. The number of rotatable bonds is 6. The minimum Gasteiger partial charge on any atom is -0.146 e. The molecule has 70 valence electrons. The van der Waals surface area contributed by atoms with Crippen LogP contribution in [0.1, 0.15) is 33.6 Å². The summed E-state index contributed by atoms with van der Waals surface area (Å²) in [5, 5.41) is 0. The summed E-state index contributed by atoms with van der Waals surface area (Å²) in [6.45, 7) is 6.71. The Kier molecular flexibility index (Phi) is 7.33. The lowest BCUT2D eigenvalue weighted by Gasteiger charge is -1.88. The lowest BCUT2D eigenvalue weighted by atomic mass is 10.3. The largest absolute Gasteiger partial charge is 0.512 e. The summed E-state index contributed by atoms with van der Waals surface area (Å²) in [6.07, 6.45) is 4.59. The second kappa shape index (κ2) is 7.45. The number of hydrogen-bond donors (Lipinski definition) is 0. The Morgan fingerprint density at radius 2 is 2.17 bits per heavy atom. The third kappa shape index (κ3) is 7.90. The molecule has 12 heavy (non-hydrogen) atoms. The first-order valence-electron chi connectivity index (χ1n) is 4.37. The summed E-state index contributed by atoms with van der Waals surface area (Å²) in [5.74, 6) is 0. The predicted molar refractivity (Wildman–Crippen MR) is 52.8 cm³/mol. The van der Waals surface area contributed by atoms with E-state index in [0.717, 1.165) is 12.8 Å². The van der Waals surface area contributed by atoms with Crippen molar-refractivity contribution in [3.05, 3.63) is 11.6 Å². The van der Waals surface area contributed by atoms with E-state index in [4.69, 9.17) is 4.52 Å². The van der Waals surface area contributed by atoms with Crippen LogP contribution in [0.2, 0.25) is 0 Å². The monoisotopic (exact) mass is 189 g/mol. The molecule has 0 aromatic carbocycles. The maximum absolute atomic E-state index is 11.1. The second-order valence-corrected chi connectivity index (χ2v) is 4.27. The molecule has 0 rings (SSSR count). The van der Waals surface area contributed by atoms with Crippen molar-refractivity contribution in [1.82, 2.24) is 0 Å². The summed E-state index contributed by atoms with van der Waals surface area (Å²) < 4.78 is 16.2. The van der Waals surface area contributed by atoms with Gasteiger partial charge in [-0.2, -0.15) is 0 Å². The lowest BCUT2D eigenvalue weighted by molar-refractivity contribution is 0.322. The lowest BCUT2D eigenvalue weighted by Crippen LogP contribution is -1.86. The van der Waals surface area contributed by atoms with E-state index in [9.17, 15) is 4.57 Å². The van der Waals surface area contributed by atoms with E-state index >= 15 is 0 Å². The molecule has 0 heterocycles. The highest BCUT2D eigenvalue weighted by atomic mass is 31.1. The molecule has 1 atom stereocenters. The van der Waals surface area contributed by atoms with Gasteiger partial charge < -0.3 is 0 Å². The van der Waals surface area contributed by atoms with Crippen LogP contribution in [-0.2, 0) is 9.09 Å². The minimum atomic E-state index is -1.45. The first-order valence-corrected chi connectivity index (χ1v) is 5.74. The molecule has 0 saturated heterocycles. The van der Waals surface area contributed by atoms with Gasteiger partial charge in [-0.15, -0.1) is 4.52 Å². The molecule has 0 spiro atoms. The fraction of sp³-hybridized carbons (Fsp3) is 0.778. The van der Waals surface area contributed by atoms with Crippen LogP contribution in [0.25, 0.3) is 0 Å². The van der Waals surface area contributed by atoms with Crippen molar-refractivity contribution >= 4 is 8.03 Å². The zero-order chi connectivity index (χ0) is 9.40. The summed E-state index contributed by atoms with van der Waals surface area (Å²) in [5.41, 5.74) is 1.19. The normalized spacial score (nSPS) is 11.1. The maximum atomic E-state index is 11.1. The second-order valence-electron chi connectivity index (χ2n) is 2.98. The van der Waals surface area contributed by atoms with Crippen molar-refractivity contribution in [2.45, 2.75) is 33.6 Å². The molecular formula is C9H18O2P+. The highest BCUT2D eigenvalue weighted by Gasteiger charge is 2.13. The van der Waals surface area contributed by atoms with Crippen LogP contribution in [0.15, 0.2) is 11.6 Å². The van der Waals surface area contributed by atoms with E-state index in [0.29, 0.717) is 12.8 Å². The fourth-order valence-corrected chi connectivity index (χ4v) is 1.57. The average molecular weight is 189 g/mol. The fourth-order valence-electron chi connectivity index (χ4n) is 0.621. The molecule has 0 radical (unpaired) electrons. The highest BCUT2D eigenvalue weighted by Crippen LogP contribution is 2.22. The van der Waals surface area contributed by atoms with Crippen LogP contribution in [0.3, 0.4) is 0 Å². The van der Waals surface area contributed by atoms with Gasteiger partial charge in [0.25, 0.3) is 0 Å². The van der Waals surface area contributed by atoms with Crippen molar-refractivity contribution in [2.75, 3.05) is 12.8 Å². The molecule has 0 aliphatic heterocycles. The van der Waals surface area contributed by atoms with Gasteiger partial charge in [-0.1, -0.05) is 18.9 Å². The standard InChI is InChI=1S/C9H18O2P/c1-4-5-7-11-12(10)8-6-9(2)3/h6H,4-5,7-8H2,1-3H3/q+1. The summed E-state index contributed by atoms with van der Waals surface area (Å²) in [7, 11) is -1.45. The van der Waals surface area contributed by atoms with Crippen LogP contribution in [0, 0.1) is 0 Å². The molecule has 2 nitrogen and oxygen atoms in total. The van der Waals surface area contributed by atoms with Crippen molar-refractivity contribution in [3.8, 4) is 0 Å². The Morgan fingerprint density at radius 1 is 1.50 bits per heavy atom. The highest BCUT2D eigenvalue weighted by molar-refractivity contribution is 7.39. The third-order valence-electron chi connectivity index (χ3n) is 1.38. The zero-order valence-corrected chi connectivity index (χ0v) is 9.06. The Bertz CT molecular complexity index is 160. The Hall–Kier alpha value is -0.200. The zero-order valence-electron chi connectivity index (χ0n) is 8.17. The van der Waals surface area contributed by atoms with Crippen molar-refractivity contribution in [1.29, 1.82) is 0 Å². The van der Waals surface area contributed by atoms with Gasteiger partial charge in [0.2, 0.25) is 0 Å². The van der Waals surface area contributed by atoms with E-state index in [2.05, 4.69) is 6.92 Å². The van der Waals surface area contributed by atoms with Gasteiger partial charge in [0.15, 0.2) is 6.16 Å². The number of hydrogen-bond acceptors (Lipinski definition) is 2. The molecule has 0 N–H and O–H groups in total. The molecule has 0 aliphatic rings. The van der Waals surface area contributed by atoms with E-state index in [-0.39, 0.29) is 0 Å². The van der Waals surface area contributed by atoms with Gasteiger partial charge in [-0.05, 0) is 30.9 Å². The Morgan fingerprint density at radius 3 is 2.67 bits per heavy atom. The number of allylic oxidation sites excluding steroid dienone is 2. The molecule has 1 unspecified atom stereocenters. The van der Waals surface area contributed by atoms with E-state index in [1.165, 1.54) is 5.57 Å². The molecule has 3 heteroatoms. The van der Waals surface area contributed by atoms with Crippen LogP contribution < -0.4 is 0 Å². The van der Waals surface area contributed by atoms with Crippen molar-refractivity contribution < 1.29 is 9.09 Å². The van der Waals surface area contributed by atoms with Crippen LogP contribution in [0.4, 0.5) is 0 Å². The first-order chi connectivity index (χ1) is 5.66. The third-order valence-corrected chi connectivity index (χ3v) is 2.33. The van der Waals surface area contributed by atoms with Crippen molar-refractivity contribution in [2.24, 2.45) is 0 Å². The van der Waals surface area contributed by atoms with Gasteiger partial charge in [0.1, 0.15) is 6.61 Å². The summed E-state index contributed by atoms with van der Waals surface area (Å²) in [6, 6.07) is 0. The SMILES string of the molecule is CCCCO[P+](=O)CC=C(C)C. The van der Waals surface area contributed by atoms with E-state index in [1.54, 1.807) is 0 Å². The topological polar surface area (TPSA) is 26.3 Å². The van der Waals surface area contributed by atoms with Crippen molar-refractivity contribution in [3.63, 3.8) is 0 Å². The quantitative estimate of drug-likeness (QED) is 0.363. The van der Waals surface area contributed by atoms with E-state index < -0.39 is 8.03 Å². The van der Waals surface area contributed by atoms with Gasteiger partial charge in [0, 0.05) is 0 Å². The van der Waals surface area contributed by atoms with Crippen LogP contribution in [-0.4, -0.2) is 12.8 Å². The smallest absolute Gasteiger partial charge is 0.146 e. The average Bonchev–Trinajstić information content (AvgIpc) is 2.01. The molecule has 0 aromatic heterocycles. The van der Waals surface area contributed by atoms with E-state index in [1.807, 2.05) is 19.9 Å². The first kappa shape index (κ1) is 11.8.